The number of hydrogen-bond acceptors (Lipinski definition) is 3. The first-order chi connectivity index (χ1) is 11.0. The lowest BCUT2D eigenvalue weighted by atomic mass is 10.2. The summed E-state index contributed by atoms with van der Waals surface area (Å²) in [5.74, 6) is 0.843. The zero-order chi connectivity index (χ0) is 16.7. The van der Waals surface area contributed by atoms with Gasteiger partial charge in [-0.25, -0.2) is 4.99 Å². The molecule has 0 aliphatic heterocycles. The van der Waals surface area contributed by atoms with Crippen molar-refractivity contribution >= 4 is 40.7 Å². The Morgan fingerprint density at radius 1 is 0.957 bits per heavy atom. The molecule has 0 saturated carbocycles. The van der Waals surface area contributed by atoms with Crippen LogP contribution >= 0.6 is 34.8 Å². The molecule has 0 spiro atoms. The van der Waals surface area contributed by atoms with E-state index in [1.165, 1.54) is 0 Å². The van der Waals surface area contributed by atoms with Gasteiger partial charge < -0.3 is 9.47 Å². The van der Waals surface area contributed by atoms with Gasteiger partial charge in [-0.3, -0.25) is 0 Å². The zero-order valence-corrected chi connectivity index (χ0v) is 14.8. The monoisotopic (exact) mass is 371 g/mol. The Morgan fingerprint density at radius 3 is 2.17 bits per heavy atom. The molecule has 23 heavy (non-hydrogen) atoms. The quantitative estimate of drug-likeness (QED) is 0.411. The summed E-state index contributed by atoms with van der Waals surface area (Å²) in [6.07, 6.45) is 0. The van der Waals surface area contributed by atoms with Crippen molar-refractivity contribution in [3.8, 4) is 5.75 Å². The summed E-state index contributed by atoms with van der Waals surface area (Å²) in [7, 11) is 1.61. The lowest BCUT2D eigenvalue weighted by Gasteiger charge is -2.16. The van der Waals surface area contributed by atoms with Crippen LogP contribution in [0.25, 0.3) is 0 Å². The summed E-state index contributed by atoms with van der Waals surface area (Å²) in [4.78, 5) is 4.29. The van der Waals surface area contributed by atoms with Crippen LogP contribution in [0.1, 0.15) is 11.1 Å². The summed E-state index contributed by atoms with van der Waals surface area (Å²) >= 11 is 17.8. The second-order valence-electron chi connectivity index (χ2n) is 4.74. The van der Waals surface area contributed by atoms with Crippen molar-refractivity contribution in [3.63, 3.8) is 0 Å². The van der Waals surface area contributed by atoms with E-state index in [4.69, 9.17) is 44.3 Å². The summed E-state index contributed by atoms with van der Waals surface area (Å²) in [6.45, 7) is 0.637. The van der Waals surface area contributed by atoms with Crippen molar-refractivity contribution in [2.24, 2.45) is 4.99 Å². The second-order valence-corrected chi connectivity index (χ2v) is 7.02. The van der Waals surface area contributed by atoms with Crippen molar-refractivity contribution in [2.45, 2.75) is 16.9 Å². The fourth-order valence-electron chi connectivity index (χ4n) is 1.84. The molecular weight excluding hydrogens is 357 g/mol. The van der Waals surface area contributed by atoms with Crippen LogP contribution in [0, 0.1) is 0 Å². The van der Waals surface area contributed by atoms with Crippen molar-refractivity contribution in [1.29, 1.82) is 0 Å². The van der Waals surface area contributed by atoms with Crippen LogP contribution < -0.4 is 4.74 Å². The Morgan fingerprint density at radius 2 is 1.61 bits per heavy atom. The van der Waals surface area contributed by atoms with E-state index in [-0.39, 0.29) is 12.5 Å². The largest absolute Gasteiger partial charge is 0.497 e. The van der Waals surface area contributed by atoms with Crippen LogP contribution in [0.3, 0.4) is 0 Å². The molecule has 0 radical (unpaired) electrons. The Balaban J connectivity index is 2.03. The highest BCUT2D eigenvalue weighted by atomic mass is 35.6. The van der Waals surface area contributed by atoms with Crippen molar-refractivity contribution in [1.82, 2.24) is 0 Å². The van der Waals surface area contributed by atoms with E-state index in [0.717, 1.165) is 16.9 Å². The third-order valence-electron chi connectivity index (χ3n) is 3.03. The minimum Gasteiger partial charge on any atom is -0.497 e. The first-order valence-corrected chi connectivity index (χ1v) is 8.04. The predicted molar refractivity (Wildman–Crippen MR) is 95.7 cm³/mol. The van der Waals surface area contributed by atoms with Crippen LogP contribution in [0.15, 0.2) is 59.6 Å². The zero-order valence-electron chi connectivity index (χ0n) is 12.5. The molecule has 0 heterocycles. The predicted octanol–water partition coefficient (Wildman–Crippen LogP) is 5.18. The molecule has 6 heteroatoms. The van der Waals surface area contributed by atoms with E-state index in [9.17, 15) is 0 Å². The standard InChI is InChI=1S/C17H16Cl3NO2/c1-22-15-9-7-14(8-10-15)12-23-16(17(18,19)20)21-11-13-5-3-2-4-6-13/h2-10H,11-12H2,1H3. The molecule has 0 unspecified atom stereocenters. The number of alkyl halides is 3. The third-order valence-corrected chi connectivity index (χ3v) is 3.51. The average Bonchev–Trinajstić information content (AvgIpc) is 2.55. The first-order valence-electron chi connectivity index (χ1n) is 6.90. The van der Waals surface area contributed by atoms with E-state index in [1.54, 1.807) is 7.11 Å². The topological polar surface area (TPSA) is 30.8 Å². The van der Waals surface area contributed by atoms with E-state index in [1.807, 2.05) is 54.6 Å². The molecular formula is C17H16Cl3NO2. The maximum absolute atomic E-state index is 5.93. The summed E-state index contributed by atoms with van der Waals surface area (Å²) in [5.41, 5.74) is 1.93. The molecule has 0 aliphatic carbocycles. The molecule has 122 valence electrons. The van der Waals surface area contributed by atoms with E-state index >= 15 is 0 Å². The van der Waals surface area contributed by atoms with Gasteiger partial charge in [0.25, 0.3) is 3.79 Å². The number of hydrogen-bond donors (Lipinski definition) is 0. The maximum Gasteiger partial charge on any atom is 0.266 e. The molecule has 0 saturated heterocycles. The normalized spacial score (nSPS) is 12.1. The molecule has 2 aromatic rings. The Labute approximate surface area is 150 Å². The van der Waals surface area contributed by atoms with Gasteiger partial charge in [0.1, 0.15) is 12.4 Å². The molecule has 0 aliphatic rings. The number of methoxy groups -OCH3 is 1. The number of aliphatic imine (C=N–C) groups is 1. The Kier molecular flexibility index (Phi) is 6.58. The van der Waals surface area contributed by atoms with Crippen LogP contribution in [-0.4, -0.2) is 16.8 Å². The molecule has 0 fully saturated rings. The molecule has 0 atom stereocenters. The van der Waals surface area contributed by atoms with Crippen molar-refractivity contribution in [3.05, 3.63) is 65.7 Å². The highest BCUT2D eigenvalue weighted by Crippen LogP contribution is 2.29. The molecule has 0 N–H and O–H groups in total. The Bertz CT molecular complexity index is 637. The van der Waals surface area contributed by atoms with Gasteiger partial charge in [-0.05, 0) is 23.3 Å². The first kappa shape index (κ1) is 17.9. The summed E-state index contributed by atoms with van der Waals surface area (Å²) in [5, 5.41) is 0. The van der Waals surface area contributed by atoms with Gasteiger partial charge in [-0.15, -0.1) is 0 Å². The smallest absolute Gasteiger partial charge is 0.266 e. The molecule has 3 nitrogen and oxygen atoms in total. The van der Waals surface area contributed by atoms with E-state index in [0.29, 0.717) is 6.54 Å². The SMILES string of the molecule is COc1ccc(COC(=NCc2ccccc2)C(Cl)(Cl)Cl)cc1. The highest BCUT2D eigenvalue weighted by molar-refractivity contribution is 6.76. The fourth-order valence-corrected chi connectivity index (χ4v) is 2.18. The highest BCUT2D eigenvalue weighted by Gasteiger charge is 2.30. The second kappa shape index (κ2) is 8.44. The van der Waals surface area contributed by atoms with Gasteiger partial charge in [0.15, 0.2) is 0 Å². The van der Waals surface area contributed by atoms with Crippen molar-refractivity contribution in [2.75, 3.05) is 7.11 Å². The third kappa shape index (κ3) is 5.94. The molecule has 0 amide bonds. The van der Waals surface area contributed by atoms with Gasteiger partial charge in [0, 0.05) is 0 Å². The van der Waals surface area contributed by atoms with Crippen molar-refractivity contribution < 1.29 is 9.47 Å². The average molecular weight is 373 g/mol. The Hall–Kier alpha value is -1.42. The van der Waals surface area contributed by atoms with Gasteiger partial charge >= 0.3 is 0 Å². The lowest BCUT2D eigenvalue weighted by Crippen LogP contribution is -2.22. The number of ether oxygens (including phenoxy) is 2. The van der Waals surface area contributed by atoms with Gasteiger partial charge in [0.05, 0.1) is 13.7 Å². The fraction of sp³-hybridized carbons (Fsp3) is 0.235. The molecule has 2 aromatic carbocycles. The van der Waals surface area contributed by atoms with E-state index < -0.39 is 3.79 Å². The summed E-state index contributed by atoms with van der Waals surface area (Å²) in [6, 6.07) is 17.1. The maximum atomic E-state index is 5.93. The molecule has 0 bridgehead atoms. The van der Waals surface area contributed by atoms with Gasteiger partial charge in [-0.1, -0.05) is 77.3 Å². The number of nitrogens with zero attached hydrogens (tertiary/aromatic N) is 1. The van der Waals surface area contributed by atoms with Crippen LogP contribution in [0.5, 0.6) is 5.75 Å². The minimum atomic E-state index is -1.71. The van der Waals surface area contributed by atoms with Crippen LogP contribution in [0.2, 0.25) is 0 Å². The van der Waals surface area contributed by atoms with Crippen LogP contribution in [0.4, 0.5) is 0 Å². The van der Waals surface area contributed by atoms with E-state index in [2.05, 4.69) is 4.99 Å². The van der Waals surface area contributed by atoms with Gasteiger partial charge in [-0.2, -0.15) is 0 Å². The molecule has 2 rings (SSSR count). The summed E-state index contributed by atoms with van der Waals surface area (Å²) < 4.78 is 9.00. The number of rotatable bonds is 5. The van der Waals surface area contributed by atoms with Crippen LogP contribution in [-0.2, 0) is 17.9 Å². The number of benzene rings is 2. The minimum absolute atomic E-state index is 0.0715. The lowest BCUT2D eigenvalue weighted by molar-refractivity contribution is 0.285. The van der Waals surface area contributed by atoms with Gasteiger partial charge in [0.2, 0.25) is 5.90 Å². The molecule has 0 aromatic heterocycles. The number of halogens is 3.